The van der Waals surface area contributed by atoms with E-state index in [-0.39, 0.29) is 24.0 Å². The summed E-state index contributed by atoms with van der Waals surface area (Å²) in [5.74, 6) is -1.07. The van der Waals surface area contributed by atoms with E-state index in [1.807, 2.05) is 6.92 Å². The fraction of sp³-hybridized carbons (Fsp3) is 0.625. The highest BCUT2D eigenvalue weighted by atomic mass is 32.3. The summed E-state index contributed by atoms with van der Waals surface area (Å²) < 4.78 is 29.9. The second kappa shape index (κ2) is 4.71. The minimum absolute atomic E-state index is 0.00510. The summed E-state index contributed by atoms with van der Waals surface area (Å²) in [5, 5.41) is 2.96. The van der Waals surface area contributed by atoms with Crippen molar-refractivity contribution >= 4 is 16.3 Å². The Morgan fingerprint density at radius 2 is 2.06 bits per heavy atom. The summed E-state index contributed by atoms with van der Waals surface area (Å²) in [7, 11) is -2.21. The van der Waals surface area contributed by atoms with E-state index in [0.29, 0.717) is 0 Å². The van der Waals surface area contributed by atoms with Gasteiger partial charge in [0.25, 0.3) is 5.91 Å². The van der Waals surface area contributed by atoms with Crippen molar-refractivity contribution in [2.24, 2.45) is 5.73 Å². The second-order valence-electron chi connectivity index (χ2n) is 3.30. The van der Waals surface area contributed by atoms with Crippen LogP contribution >= 0.6 is 0 Å². The molecule has 1 unspecified atom stereocenters. The van der Waals surface area contributed by atoms with Crippen molar-refractivity contribution in [1.29, 1.82) is 0 Å². The van der Waals surface area contributed by atoms with E-state index in [4.69, 9.17) is 5.73 Å². The van der Waals surface area contributed by atoms with E-state index in [1.54, 1.807) is 7.05 Å². The maximum Gasteiger partial charge on any atom is 0.506 e. The smallest absolute Gasteiger partial charge is 0.366 e. The maximum absolute atomic E-state index is 11.1. The fourth-order valence-electron chi connectivity index (χ4n) is 1.27. The molecule has 1 aliphatic rings. The number of rotatable bonds is 5. The molecule has 16 heavy (non-hydrogen) atoms. The van der Waals surface area contributed by atoms with Gasteiger partial charge in [0.2, 0.25) is 0 Å². The van der Waals surface area contributed by atoms with Crippen molar-refractivity contribution < 1.29 is 21.6 Å². The SMILES string of the molecule is CCC(CC(C(N)=O)=C1OS(=O)(=O)O1)NC. The molecule has 92 valence electrons. The van der Waals surface area contributed by atoms with Gasteiger partial charge in [-0.2, -0.15) is 0 Å². The lowest BCUT2D eigenvalue weighted by molar-refractivity contribution is -0.115. The van der Waals surface area contributed by atoms with Crippen LogP contribution in [0.2, 0.25) is 0 Å². The van der Waals surface area contributed by atoms with Gasteiger partial charge in [0.15, 0.2) is 0 Å². The standard InChI is InChI=1S/C8H14N2O5S/c1-3-5(10-2)4-6(7(9)11)8-14-16(12,13)15-8/h5,10H,3-4H2,1-2H3,(H2,9,11). The number of carbonyl (C=O) groups excluding carboxylic acids is 1. The summed E-state index contributed by atoms with van der Waals surface area (Å²) >= 11 is 0. The third kappa shape index (κ3) is 2.86. The highest BCUT2D eigenvalue weighted by molar-refractivity contribution is 7.83. The van der Waals surface area contributed by atoms with Crippen LogP contribution < -0.4 is 11.1 Å². The first-order valence-corrected chi connectivity index (χ1v) is 6.07. The molecule has 1 heterocycles. The predicted molar refractivity (Wildman–Crippen MR) is 55.1 cm³/mol. The minimum Gasteiger partial charge on any atom is -0.366 e. The summed E-state index contributed by atoms with van der Waals surface area (Å²) in [4.78, 5) is 11.1. The molecule has 0 aromatic carbocycles. The Hall–Kier alpha value is -1.28. The number of hydrogen-bond acceptors (Lipinski definition) is 6. The van der Waals surface area contributed by atoms with Gasteiger partial charge in [0, 0.05) is 12.5 Å². The van der Waals surface area contributed by atoms with E-state index in [1.165, 1.54) is 0 Å². The van der Waals surface area contributed by atoms with Gasteiger partial charge in [-0.1, -0.05) is 6.92 Å². The molecular formula is C8H14N2O5S. The second-order valence-corrected chi connectivity index (χ2v) is 4.45. The Morgan fingerprint density at radius 1 is 1.50 bits per heavy atom. The number of primary amides is 1. The quantitative estimate of drug-likeness (QED) is 0.628. The lowest BCUT2D eigenvalue weighted by Crippen LogP contribution is -2.32. The van der Waals surface area contributed by atoms with Crippen LogP contribution in [-0.2, 0) is 23.6 Å². The van der Waals surface area contributed by atoms with E-state index in [9.17, 15) is 13.2 Å². The van der Waals surface area contributed by atoms with Crippen LogP contribution in [0.25, 0.3) is 0 Å². The Kier molecular flexibility index (Phi) is 3.76. The Morgan fingerprint density at radius 3 is 2.38 bits per heavy atom. The zero-order valence-corrected chi connectivity index (χ0v) is 9.83. The van der Waals surface area contributed by atoms with E-state index < -0.39 is 16.3 Å². The van der Waals surface area contributed by atoms with Gasteiger partial charge in [-0.15, -0.1) is 8.42 Å². The van der Waals surface area contributed by atoms with Crippen LogP contribution in [0.5, 0.6) is 0 Å². The number of nitrogens with two attached hydrogens (primary N) is 1. The normalized spacial score (nSPS) is 19.0. The first-order chi connectivity index (χ1) is 7.39. The maximum atomic E-state index is 11.1. The van der Waals surface area contributed by atoms with Crippen LogP contribution in [0.4, 0.5) is 0 Å². The van der Waals surface area contributed by atoms with E-state index >= 15 is 0 Å². The summed E-state index contributed by atoms with van der Waals surface area (Å²) in [6.45, 7) is 1.92. The van der Waals surface area contributed by atoms with E-state index in [2.05, 4.69) is 13.7 Å². The van der Waals surface area contributed by atoms with Gasteiger partial charge in [0.1, 0.15) is 5.57 Å². The van der Waals surface area contributed by atoms with Gasteiger partial charge in [-0.05, 0) is 13.5 Å². The molecule has 7 nitrogen and oxygen atoms in total. The van der Waals surface area contributed by atoms with Gasteiger partial charge in [-0.3, -0.25) is 4.79 Å². The number of hydrogen-bond donors (Lipinski definition) is 2. The average molecular weight is 250 g/mol. The summed E-state index contributed by atoms with van der Waals surface area (Å²) in [6, 6.07) is 0.00510. The third-order valence-electron chi connectivity index (χ3n) is 2.25. The van der Waals surface area contributed by atoms with Crippen molar-refractivity contribution in [2.45, 2.75) is 25.8 Å². The molecule has 0 aromatic heterocycles. The molecule has 1 aliphatic heterocycles. The van der Waals surface area contributed by atoms with Gasteiger partial charge in [-0.25, -0.2) is 0 Å². The number of nitrogens with one attached hydrogen (secondary N) is 1. The monoisotopic (exact) mass is 250 g/mol. The van der Waals surface area contributed by atoms with Crippen molar-refractivity contribution in [2.75, 3.05) is 7.05 Å². The molecule has 1 atom stereocenters. The molecular weight excluding hydrogens is 236 g/mol. The van der Waals surface area contributed by atoms with Crippen LogP contribution in [0.15, 0.2) is 11.5 Å². The Labute approximate surface area is 93.9 Å². The van der Waals surface area contributed by atoms with Gasteiger partial charge in [0.05, 0.1) is 0 Å². The predicted octanol–water partition coefficient (Wildman–Crippen LogP) is -0.637. The van der Waals surface area contributed by atoms with Gasteiger partial charge >= 0.3 is 16.3 Å². The van der Waals surface area contributed by atoms with Crippen molar-refractivity contribution in [3.8, 4) is 0 Å². The topological polar surface area (TPSA) is 108 Å². The third-order valence-corrected chi connectivity index (χ3v) is 2.96. The molecule has 3 N–H and O–H groups in total. The lowest BCUT2D eigenvalue weighted by Gasteiger charge is -2.22. The lowest BCUT2D eigenvalue weighted by atomic mass is 10.0. The number of carbonyl (C=O) groups is 1. The zero-order valence-electron chi connectivity index (χ0n) is 9.02. The first kappa shape index (κ1) is 12.8. The molecule has 0 saturated carbocycles. The average Bonchev–Trinajstić information content (AvgIpc) is 2.15. The Balaban J connectivity index is 2.82. The minimum atomic E-state index is -3.94. The van der Waals surface area contributed by atoms with Crippen molar-refractivity contribution in [1.82, 2.24) is 5.32 Å². The van der Waals surface area contributed by atoms with Crippen molar-refractivity contribution in [3.63, 3.8) is 0 Å². The zero-order chi connectivity index (χ0) is 12.3. The van der Waals surface area contributed by atoms with Crippen molar-refractivity contribution in [3.05, 3.63) is 11.5 Å². The molecule has 1 rings (SSSR count). The highest BCUT2D eigenvalue weighted by Crippen LogP contribution is 2.27. The molecule has 1 saturated heterocycles. The highest BCUT2D eigenvalue weighted by Gasteiger charge is 2.37. The van der Waals surface area contributed by atoms with E-state index in [0.717, 1.165) is 6.42 Å². The molecule has 0 bridgehead atoms. The van der Waals surface area contributed by atoms with Crippen LogP contribution in [0, 0.1) is 0 Å². The summed E-state index contributed by atoms with van der Waals surface area (Å²) in [5.41, 5.74) is 5.15. The molecule has 0 radical (unpaired) electrons. The van der Waals surface area contributed by atoms with Crippen LogP contribution in [0.1, 0.15) is 19.8 Å². The number of amides is 1. The molecule has 1 amide bonds. The van der Waals surface area contributed by atoms with Crippen LogP contribution in [0.3, 0.4) is 0 Å². The molecule has 0 spiro atoms. The summed E-state index contributed by atoms with van der Waals surface area (Å²) in [6.07, 6.45) is 1.01. The van der Waals surface area contributed by atoms with Gasteiger partial charge < -0.3 is 19.4 Å². The Bertz CT molecular complexity index is 396. The molecule has 0 aromatic rings. The molecule has 8 heteroatoms. The largest absolute Gasteiger partial charge is 0.506 e. The molecule has 1 fully saturated rings. The fourth-order valence-corrected chi connectivity index (χ4v) is 1.86. The molecule has 0 aliphatic carbocycles. The van der Waals surface area contributed by atoms with Crippen LogP contribution in [-0.4, -0.2) is 27.4 Å². The first-order valence-electron chi connectivity index (χ1n) is 4.73.